The summed E-state index contributed by atoms with van der Waals surface area (Å²) in [6.45, 7) is 5.46. The van der Waals surface area contributed by atoms with Crippen LogP contribution in [0.5, 0.6) is 0 Å². The molecule has 102 valence electrons. The van der Waals surface area contributed by atoms with Gasteiger partial charge in [0.05, 0.1) is 10.7 Å². The second-order valence-electron chi connectivity index (χ2n) is 5.43. The maximum Gasteiger partial charge on any atom is 0.129 e. The average Bonchev–Trinajstić information content (AvgIpc) is 3.28. The summed E-state index contributed by atoms with van der Waals surface area (Å²) < 4.78 is 0. The lowest BCUT2D eigenvalue weighted by atomic mass is 10.3. The third-order valence-electron chi connectivity index (χ3n) is 3.65. The molecule has 4 heteroatoms. The van der Waals surface area contributed by atoms with Crippen LogP contribution in [-0.4, -0.2) is 23.6 Å². The number of hydrogen-bond donors (Lipinski definition) is 1. The van der Waals surface area contributed by atoms with Gasteiger partial charge in [-0.2, -0.15) is 0 Å². The minimum atomic E-state index is 0.635. The smallest absolute Gasteiger partial charge is 0.129 e. The van der Waals surface area contributed by atoms with Gasteiger partial charge in [0, 0.05) is 25.2 Å². The average molecular weight is 278 g/mol. The Morgan fingerprint density at radius 3 is 2.79 bits per heavy atom. The van der Waals surface area contributed by atoms with Crippen LogP contribution >= 0.6 is 11.6 Å². The quantitative estimate of drug-likeness (QED) is 0.776. The van der Waals surface area contributed by atoms with Gasteiger partial charge in [0.15, 0.2) is 0 Å². The first kappa shape index (κ1) is 12.9. The number of nitrogens with zero attached hydrogens (tertiary/aromatic N) is 2. The van der Waals surface area contributed by atoms with Crippen molar-refractivity contribution in [2.45, 2.75) is 44.3 Å². The topological polar surface area (TPSA) is 28.2 Å². The number of pyridine rings is 1. The third-order valence-corrected chi connectivity index (χ3v) is 3.99. The van der Waals surface area contributed by atoms with Gasteiger partial charge in [0.2, 0.25) is 0 Å². The molecule has 3 nitrogen and oxygen atoms in total. The molecule has 2 saturated carbocycles. The van der Waals surface area contributed by atoms with Crippen LogP contribution in [0.1, 0.15) is 31.4 Å². The van der Waals surface area contributed by atoms with Gasteiger partial charge in [-0.3, -0.25) is 0 Å². The van der Waals surface area contributed by atoms with E-state index < -0.39 is 0 Å². The zero-order chi connectivity index (χ0) is 13.2. The highest BCUT2D eigenvalue weighted by atomic mass is 35.5. The monoisotopic (exact) mass is 277 g/mol. The van der Waals surface area contributed by atoms with Gasteiger partial charge < -0.3 is 10.2 Å². The molecule has 0 spiro atoms. The van der Waals surface area contributed by atoms with E-state index in [1.54, 1.807) is 0 Å². The normalized spacial score (nSPS) is 18.4. The first-order valence-corrected chi connectivity index (χ1v) is 7.42. The molecule has 0 saturated heterocycles. The van der Waals surface area contributed by atoms with Crippen LogP contribution in [0.3, 0.4) is 0 Å². The van der Waals surface area contributed by atoms with Crippen molar-refractivity contribution in [2.75, 3.05) is 11.4 Å². The fraction of sp³-hybridized carbons (Fsp3) is 0.533. The highest BCUT2D eigenvalue weighted by molar-refractivity contribution is 6.31. The number of halogens is 1. The Morgan fingerprint density at radius 2 is 2.16 bits per heavy atom. The largest absolute Gasteiger partial charge is 0.350 e. The summed E-state index contributed by atoms with van der Waals surface area (Å²) in [7, 11) is 0. The zero-order valence-corrected chi connectivity index (χ0v) is 11.9. The Labute approximate surface area is 119 Å². The molecule has 0 unspecified atom stereocenters. The van der Waals surface area contributed by atoms with Gasteiger partial charge in [-0.25, -0.2) is 4.98 Å². The molecule has 0 bridgehead atoms. The van der Waals surface area contributed by atoms with Crippen LogP contribution < -0.4 is 10.2 Å². The fourth-order valence-corrected chi connectivity index (χ4v) is 2.41. The third kappa shape index (κ3) is 3.28. The highest BCUT2D eigenvalue weighted by Crippen LogP contribution is 2.31. The molecule has 2 fully saturated rings. The summed E-state index contributed by atoms with van der Waals surface area (Å²) in [5.41, 5.74) is 0.959. The Hall–Kier alpha value is -1.06. The lowest BCUT2D eigenvalue weighted by Crippen LogP contribution is -2.27. The summed E-state index contributed by atoms with van der Waals surface area (Å²) in [5, 5.41) is 4.23. The van der Waals surface area contributed by atoms with Crippen LogP contribution in [0, 0.1) is 0 Å². The highest BCUT2D eigenvalue weighted by Gasteiger charge is 2.29. The molecule has 1 aromatic rings. The van der Waals surface area contributed by atoms with Crippen molar-refractivity contribution in [1.82, 2.24) is 10.3 Å². The Balaban J connectivity index is 1.75. The second kappa shape index (κ2) is 5.51. The molecule has 19 heavy (non-hydrogen) atoms. The van der Waals surface area contributed by atoms with E-state index in [1.165, 1.54) is 25.7 Å². The first-order valence-electron chi connectivity index (χ1n) is 7.04. The molecule has 0 atom stereocenters. The summed E-state index contributed by atoms with van der Waals surface area (Å²) in [4.78, 5) is 7.06. The molecule has 3 rings (SSSR count). The molecule has 0 aliphatic heterocycles. The van der Waals surface area contributed by atoms with Gasteiger partial charge in [0.1, 0.15) is 5.82 Å². The molecule has 0 aromatic carbocycles. The predicted molar refractivity (Wildman–Crippen MR) is 79.7 cm³/mol. The number of nitrogens with one attached hydrogen (secondary N) is 1. The van der Waals surface area contributed by atoms with Crippen LogP contribution in [0.15, 0.2) is 24.8 Å². The van der Waals surface area contributed by atoms with Crippen molar-refractivity contribution in [1.29, 1.82) is 0 Å². The van der Waals surface area contributed by atoms with Crippen molar-refractivity contribution in [3.05, 3.63) is 35.5 Å². The van der Waals surface area contributed by atoms with Crippen LogP contribution in [-0.2, 0) is 6.54 Å². The van der Waals surface area contributed by atoms with Gasteiger partial charge in [-0.1, -0.05) is 17.7 Å². The van der Waals surface area contributed by atoms with E-state index in [-0.39, 0.29) is 0 Å². The number of rotatable bonds is 7. The fourth-order valence-electron chi connectivity index (χ4n) is 2.24. The van der Waals surface area contributed by atoms with Crippen LogP contribution in [0.25, 0.3) is 0 Å². The van der Waals surface area contributed by atoms with Crippen LogP contribution in [0.2, 0.25) is 5.02 Å². The number of aromatic nitrogens is 1. The molecule has 0 amide bonds. The Bertz CT molecular complexity index is 466. The standard InChI is InChI=1S/C15H20ClN3/c1-2-9-19(12-5-6-12)15-8-7-13(16)14(18-15)10-17-11-3-4-11/h2,7-8,11-12,17H,1,3-6,9-10H2. The van der Waals surface area contributed by atoms with Crippen molar-refractivity contribution in [3.63, 3.8) is 0 Å². The van der Waals surface area contributed by atoms with E-state index >= 15 is 0 Å². The van der Waals surface area contributed by atoms with E-state index in [0.717, 1.165) is 29.6 Å². The molecule has 0 radical (unpaired) electrons. The van der Waals surface area contributed by atoms with E-state index in [2.05, 4.69) is 16.8 Å². The summed E-state index contributed by atoms with van der Waals surface area (Å²) in [5.74, 6) is 1.03. The molecule has 1 aromatic heterocycles. The molecule has 2 aliphatic carbocycles. The first-order chi connectivity index (χ1) is 9.28. The van der Waals surface area contributed by atoms with Crippen LogP contribution in [0.4, 0.5) is 5.82 Å². The summed E-state index contributed by atoms with van der Waals surface area (Å²) in [6.07, 6.45) is 7.02. The van der Waals surface area contributed by atoms with Crippen molar-refractivity contribution >= 4 is 17.4 Å². The van der Waals surface area contributed by atoms with E-state index in [9.17, 15) is 0 Å². The molecular formula is C15H20ClN3. The van der Waals surface area contributed by atoms with Crippen molar-refractivity contribution in [2.24, 2.45) is 0 Å². The zero-order valence-electron chi connectivity index (χ0n) is 11.1. The molecule has 2 aliphatic rings. The maximum absolute atomic E-state index is 6.24. The predicted octanol–water partition coefficient (Wildman–Crippen LogP) is 3.14. The van der Waals surface area contributed by atoms with Gasteiger partial charge in [-0.05, 0) is 37.8 Å². The van der Waals surface area contributed by atoms with Gasteiger partial charge in [-0.15, -0.1) is 6.58 Å². The van der Waals surface area contributed by atoms with Crippen molar-refractivity contribution < 1.29 is 0 Å². The molecular weight excluding hydrogens is 258 g/mol. The Kier molecular flexibility index (Phi) is 3.76. The number of anilines is 1. The minimum absolute atomic E-state index is 0.635. The molecule has 1 heterocycles. The molecule has 1 N–H and O–H groups in total. The van der Waals surface area contributed by atoms with Gasteiger partial charge in [0.25, 0.3) is 0 Å². The SMILES string of the molecule is C=CCN(c1ccc(Cl)c(CNC2CC2)n1)C1CC1. The van der Waals surface area contributed by atoms with E-state index in [0.29, 0.717) is 12.1 Å². The van der Waals surface area contributed by atoms with E-state index in [4.69, 9.17) is 16.6 Å². The Morgan fingerprint density at radius 1 is 1.37 bits per heavy atom. The second-order valence-corrected chi connectivity index (χ2v) is 5.83. The lowest BCUT2D eigenvalue weighted by molar-refractivity contribution is 0.672. The lowest BCUT2D eigenvalue weighted by Gasteiger charge is -2.22. The van der Waals surface area contributed by atoms with Crippen molar-refractivity contribution in [3.8, 4) is 0 Å². The number of hydrogen-bond acceptors (Lipinski definition) is 3. The summed E-state index contributed by atoms with van der Waals surface area (Å²) in [6, 6.07) is 5.29. The summed E-state index contributed by atoms with van der Waals surface area (Å²) >= 11 is 6.24. The maximum atomic E-state index is 6.24. The minimum Gasteiger partial charge on any atom is -0.350 e. The van der Waals surface area contributed by atoms with E-state index in [1.807, 2.05) is 18.2 Å². The van der Waals surface area contributed by atoms with Gasteiger partial charge >= 0.3 is 0 Å².